The quantitative estimate of drug-likeness (QED) is 0.890. The first kappa shape index (κ1) is 16.7. The number of rotatable bonds is 2. The Hall–Kier alpha value is -1.73. The van der Waals surface area contributed by atoms with Crippen molar-refractivity contribution in [2.45, 2.75) is 38.1 Å². The number of nitrogens with zero attached hydrogens (tertiary/aromatic N) is 4. The van der Waals surface area contributed by atoms with Crippen LogP contribution in [0.4, 0.5) is 5.82 Å². The Kier molecular flexibility index (Phi) is 4.37. The van der Waals surface area contributed by atoms with Gasteiger partial charge in [0, 0.05) is 31.7 Å². The second kappa shape index (κ2) is 6.53. The summed E-state index contributed by atoms with van der Waals surface area (Å²) in [4.78, 5) is 27.1. The fourth-order valence-electron chi connectivity index (χ4n) is 4.15. The molecule has 6 nitrogen and oxygen atoms in total. The van der Waals surface area contributed by atoms with E-state index in [1.165, 1.54) is 0 Å². The maximum absolute atomic E-state index is 13.0. The number of carbonyl (C=O) groups excluding carboxylic acids is 1. The average Bonchev–Trinajstić information content (AvgIpc) is 3.10. The number of anilines is 1. The van der Waals surface area contributed by atoms with Crippen LogP contribution in [0, 0.1) is 5.92 Å². The molecule has 2 unspecified atom stereocenters. The molecule has 1 aliphatic heterocycles. The molecule has 2 atom stereocenters. The molecule has 1 saturated heterocycles. The minimum Gasteiger partial charge on any atom is -0.352 e. The largest absolute Gasteiger partial charge is 0.352 e. The molecule has 2 aliphatic rings. The van der Waals surface area contributed by atoms with Gasteiger partial charge >= 0.3 is 0 Å². The summed E-state index contributed by atoms with van der Waals surface area (Å²) < 4.78 is 0. The number of amides is 1. The van der Waals surface area contributed by atoms with Crippen molar-refractivity contribution < 1.29 is 4.79 Å². The highest BCUT2D eigenvalue weighted by Gasteiger charge is 2.40. The number of aromatic nitrogens is 2. The Bertz CT molecular complexity index is 766. The number of thiophene rings is 1. The molecule has 25 heavy (non-hydrogen) atoms. The van der Waals surface area contributed by atoms with Gasteiger partial charge in [0.05, 0.1) is 11.3 Å². The molecule has 1 saturated carbocycles. The minimum absolute atomic E-state index is 0.0320. The summed E-state index contributed by atoms with van der Waals surface area (Å²) in [5, 5.41) is 3.16. The van der Waals surface area contributed by atoms with Crippen molar-refractivity contribution in [3.05, 3.63) is 17.8 Å². The maximum atomic E-state index is 13.0. The Labute approximate surface area is 152 Å². The van der Waals surface area contributed by atoms with E-state index < -0.39 is 0 Å². The molecule has 2 aromatic rings. The lowest BCUT2D eigenvalue weighted by atomic mass is 9.74. The first-order chi connectivity index (χ1) is 12.1. The van der Waals surface area contributed by atoms with Crippen molar-refractivity contribution in [2.75, 3.05) is 31.1 Å². The van der Waals surface area contributed by atoms with Crippen molar-refractivity contribution in [1.82, 2.24) is 14.9 Å². The second-order valence-corrected chi connectivity index (χ2v) is 8.35. The number of hydrogen-bond donors (Lipinski definition) is 1. The van der Waals surface area contributed by atoms with E-state index in [0.29, 0.717) is 0 Å². The maximum Gasteiger partial charge on any atom is 0.227 e. The average molecular weight is 359 g/mol. The molecule has 0 radical (unpaired) electrons. The first-order valence-corrected chi connectivity index (χ1v) is 9.95. The molecule has 3 heterocycles. The van der Waals surface area contributed by atoms with Gasteiger partial charge in [0.25, 0.3) is 0 Å². The highest BCUT2D eigenvalue weighted by molar-refractivity contribution is 7.16. The standard InChI is InChI=1S/C18H25N5OS/c1-18(19)6-3-2-4-14(18)17(24)23-9-7-22(8-10-23)15-13-5-11-25-16(13)21-12-20-15/h5,11-12,14H,2-4,6-10,19H2,1H3. The van der Waals surface area contributed by atoms with Crippen molar-refractivity contribution in [1.29, 1.82) is 0 Å². The molecule has 0 aromatic carbocycles. The normalized spacial score (nSPS) is 27.7. The molecule has 1 amide bonds. The van der Waals surface area contributed by atoms with Crippen molar-refractivity contribution in [3.63, 3.8) is 0 Å². The smallest absolute Gasteiger partial charge is 0.227 e. The zero-order valence-electron chi connectivity index (χ0n) is 14.6. The van der Waals surface area contributed by atoms with Crippen LogP contribution in [0.1, 0.15) is 32.6 Å². The van der Waals surface area contributed by atoms with Gasteiger partial charge < -0.3 is 15.5 Å². The van der Waals surface area contributed by atoms with Gasteiger partial charge in [-0.3, -0.25) is 4.79 Å². The zero-order chi connectivity index (χ0) is 17.4. The summed E-state index contributed by atoms with van der Waals surface area (Å²) in [6, 6.07) is 2.08. The lowest BCUT2D eigenvalue weighted by Crippen LogP contribution is -2.57. The Balaban J connectivity index is 1.45. The molecule has 1 aliphatic carbocycles. The van der Waals surface area contributed by atoms with Gasteiger partial charge in [0.2, 0.25) is 5.91 Å². The second-order valence-electron chi connectivity index (χ2n) is 7.45. The Morgan fingerprint density at radius 2 is 2.08 bits per heavy atom. The highest BCUT2D eigenvalue weighted by atomic mass is 32.1. The van der Waals surface area contributed by atoms with E-state index in [1.807, 2.05) is 17.2 Å². The summed E-state index contributed by atoms with van der Waals surface area (Å²) >= 11 is 1.63. The predicted molar refractivity (Wildman–Crippen MR) is 101 cm³/mol. The molecule has 134 valence electrons. The van der Waals surface area contributed by atoms with Crippen LogP contribution < -0.4 is 10.6 Å². The first-order valence-electron chi connectivity index (χ1n) is 9.07. The molecule has 2 aromatic heterocycles. The molecule has 0 spiro atoms. The fraction of sp³-hybridized carbons (Fsp3) is 0.611. The van der Waals surface area contributed by atoms with Gasteiger partial charge in [-0.2, -0.15) is 0 Å². The van der Waals surface area contributed by atoms with Gasteiger partial charge in [-0.15, -0.1) is 11.3 Å². The summed E-state index contributed by atoms with van der Waals surface area (Å²) in [6.45, 7) is 5.13. The number of hydrogen-bond acceptors (Lipinski definition) is 6. The Morgan fingerprint density at radius 3 is 2.84 bits per heavy atom. The van der Waals surface area contributed by atoms with E-state index in [1.54, 1.807) is 17.7 Å². The highest BCUT2D eigenvalue weighted by Crippen LogP contribution is 2.33. The third kappa shape index (κ3) is 3.11. The minimum atomic E-state index is -0.359. The zero-order valence-corrected chi connectivity index (χ0v) is 15.5. The topological polar surface area (TPSA) is 75.4 Å². The lowest BCUT2D eigenvalue weighted by Gasteiger charge is -2.42. The molecular formula is C18H25N5OS. The predicted octanol–water partition coefficient (Wildman–Crippen LogP) is 2.25. The number of piperazine rings is 1. The van der Waals surface area contributed by atoms with Gasteiger partial charge in [0.1, 0.15) is 17.0 Å². The number of fused-ring (bicyclic) bond motifs is 1. The van der Waals surface area contributed by atoms with Gasteiger partial charge in [0.15, 0.2) is 0 Å². The van der Waals surface area contributed by atoms with E-state index >= 15 is 0 Å². The van der Waals surface area contributed by atoms with Crippen molar-refractivity contribution >= 4 is 33.3 Å². The van der Waals surface area contributed by atoms with E-state index in [4.69, 9.17) is 5.73 Å². The van der Waals surface area contributed by atoms with E-state index in [9.17, 15) is 4.79 Å². The third-order valence-corrected chi connectivity index (χ3v) is 6.50. The lowest BCUT2D eigenvalue weighted by molar-refractivity contribution is -0.139. The van der Waals surface area contributed by atoms with E-state index in [0.717, 1.165) is 67.9 Å². The van der Waals surface area contributed by atoms with Crippen LogP contribution in [0.15, 0.2) is 17.8 Å². The summed E-state index contributed by atoms with van der Waals surface area (Å²) in [5.74, 6) is 1.20. The summed E-state index contributed by atoms with van der Waals surface area (Å²) in [5.41, 5.74) is 6.07. The molecular weight excluding hydrogens is 334 g/mol. The molecule has 0 bridgehead atoms. The van der Waals surface area contributed by atoms with Gasteiger partial charge in [-0.25, -0.2) is 9.97 Å². The van der Waals surface area contributed by atoms with Crippen LogP contribution in [0.2, 0.25) is 0 Å². The molecule has 7 heteroatoms. The fourth-order valence-corrected chi connectivity index (χ4v) is 4.88. The summed E-state index contributed by atoms with van der Waals surface area (Å²) in [7, 11) is 0. The molecule has 2 fully saturated rings. The van der Waals surface area contributed by atoms with Gasteiger partial charge in [-0.1, -0.05) is 12.8 Å². The number of nitrogens with two attached hydrogens (primary N) is 1. The van der Waals surface area contributed by atoms with Crippen LogP contribution in [0.25, 0.3) is 10.2 Å². The molecule has 2 N–H and O–H groups in total. The van der Waals surface area contributed by atoms with E-state index in [-0.39, 0.29) is 17.4 Å². The van der Waals surface area contributed by atoms with Crippen LogP contribution in [-0.4, -0.2) is 52.5 Å². The van der Waals surface area contributed by atoms with Crippen LogP contribution in [-0.2, 0) is 4.79 Å². The van der Waals surface area contributed by atoms with Crippen molar-refractivity contribution in [2.24, 2.45) is 11.7 Å². The van der Waals surface area contributed by atoms with Crippen molar-refractivity contribution in [3.8, 4) is 0 Å². The monoisotopic (exact) mass is 359 g/mol. The van der Waals surface area contributed by atoms with Gasteiger partial charge in [-0.05, 0) is 31.2 Å². The van der Waals surface area contributed by atoms with Crippen LogP contribution in [0.5, 0.6) is 0 Å². The van der Waals surface area contributed by atoms with Crippen LogP contribution >= 0.6 is 11.3 Å². The third-order valence-electron chi connectivity index (χ3n) is 5.68. The number of carbonyl (C=O) groups is 1. The van der Waals surface area contributed by atoms with E-state index in [2.05, 4.69) is 20.9 Å². The van der Waals surface area contributed by atoms with Crippen LogP contribution in [0.3, 0.4) is 0 Å². The SMILES string of the molecule is CC1(N)CCCCC1C(=O)N1CCN(c2ncnc3sccc23)CC1. The molecule has 4 rings (SSSR count). The Morgan fingerprint density at radius 1 is 1.28 bits per heavy atom. The summed E-state index contributed by atoms with van der Waals surface area (Å²) in [6.07, 6.45) is 5.75.